The number of ether oxygens (including phenoxy) is 2. The van der Waals surface area contributed by atoms with Crippen LogP contribution in [0.15, 0.2) is 57.8 Å². The van der Waals surface area contributed by atoms with E-state index in [2.05, 4.69) is 9.98 Å². The Kier molecular flexibility index (Phi) is 12.4. The van der Waals surface area contributed by atoms with Gasteiger partial charge >= 0.3 is 29.3 Å². The minimum Gasteiger partial charge on any atom is -0.443 e. The van der Waals surface area contributed by atoms with Gasteiger partial charge in [-0.3, -0.25) is 19.4 Å². The number of allylic oxidation sites excluding steroid dienone is 2. The second-order valence-corrected chi connectivity index (χ2v) is 13.3. The van der Waals surface area contributed by atoms with E-state index in [1.54, 1.807) is 53.7 Å². The van der Waals surface area contributed by atoms with Crippen LogP contribution in [0.2, 0.25) is 0 Å². The Morgan fingerprint density at radius 3 is 1.27 bits per heavy atom. The third kappa shape index (κ3) is 9.72. The van der Waals surface area contributed by atoms with Gasteiger partial charge in [0.1, 0.15) is 22.6 Å². The summed E-state index contributed by atoms with van der Waals surface area (Å²) in [5, 5.41) is 0. The molecule has 0 bridgehead atoms. The van der Waals surface area contributed by atoms with E-state index in [1.807, 2.05) is 75.7 Å². The van der Waals surface area contributed by atoms with E-state index in [4.69, 9.17) is 9.47 Å². The van der Waals surface area contributed by atoms with E-state index in [9.17, 15) is 19.2 Å². The summed E-state index contributed by atoms with van der Waals surface area (Å²) in [4.78, 5) is 64.7. The predicted octanol–water partition coefficient (Wildman–Crippen LogP) is 4.56. The van der Waals surface area contributed by atoms with Crippen molar-refractivity contribution >= 4 is 35.9 Å². The largest absolute Gasteiger partial charge is 2.00 e. The van der Waals surface area contributed by atoms with Crippen molar-refractivity contribution < 1.29 is 45.7 Å². The van der Waals surface area contributed by atoms with Gasteiger partial charge in [-0.25, -0.2) is 29.4 Å². The van der Waals surface area contributed by atoms with Crippen LogP contribution in [0.1, 0.15) is 41.5 Å². The number of fused-ring (bicyclic) bond motifs is 2. The summed E-state index contributed by atoms with van der Waals surface area (Å²) < 4.78 is 10.9. The zero-order valence-electron chi connectivity index (χ0n) is 28.4. The van der Waals surface area contributed by atoms with Crippen molar-refractivity contribution in [3.63, 3.8) is 0 Å². The molecule has 49 heavy (non-hydrogen) atoms. The number of rotatable bonds is 2. The van der Waals surface area contributed by atoms with Crippen LogP contribution >= 0.6 is 0 Å². The Labute approximate surface area is 300 Å². The molecule has 0 unspecified atom stereocenters. The fourth-order valence-corrected chi connectivity index (χ4v) is 4.93. The second kappa shape index (κ2) is 15.9. The zero-order valence-corrected chi connectivity index (χ0v) is 29.5. The quantitative estimate of drug-likeness (QED) is 0.236. The number of nitrogens with zero attached hydrogens (tertiary/aromatic N) is 6. The predicted molar refractivity (Wildman–Crippen MR) is 180 cm³/mol. The van der Waals surface area contributed by atoms with Crippen molar-refractivity contribution in [1.82, 2.24) is 19.6 Å². The first-order chi connectivity index (χ1) is 22.7. The van der Waals surface area contributed by atoms with Gasteiger partial charge in [-0.15, -0.1) is 0 Å². The van der Waals surface area contributed by atoms with Gasteiger partial charge in [0.15, 0.2) is 0 Å². The summed E-state index contributed by atoms with van der Waals surface area (Å²) in [7, 11) is 0. The maximum absolute atomic E-state index is 12.6. The average molecular weight is 709 g/mol. The molecular formula is C36H40FeN6O6+2. The van der Waals surface area contributed by atoms with Crippen LogP contribution in [0.25, 0.3) is 0 Å². The van der Waals surface area contributed by atoms with Crippen molar-refractivity contribution in [2.75, 3.05) is 26.2 Å². The molecule has 4 heterocycles. The molecule has 0 atom stereocenters. The molecule has 0 aromatic carbocycles. The fraction of sp³-hybridized carbons (Fsp3) is 0.333. The molecule has 2 fully saturated rings. The van der Waals surface area contributed by atoms with Crippen molar-refractivity contribution in [3.8, 4) is 0 Å². The fourth-order valence-electron chi connectivity index (χ4n) is 4.93. The zero-order chi connectivity index (χ0) is 34.6. The van der Waals surface area contributed by atoms with E-state index < -0.39 is 23.4 Å². The molecule has 6 rings (SSSR count). The first-order valence-electron chi connectivity index (χ1n) is 15.7. The van der Waals surface area contributed by atoms with E-state index in [-0.39, 0.29) is 28.9 Å². The number of amides is 4. The number of carbonyl (C=O) groups is 4. The van der Waals surface area contributed by atoms with Crippen molar-refractivity contribution in [3.05, 3.63) is 111 Å². The van der Waals surface area contributed by atoms with E-state index in [0.29, 0.717) is 49.5 Å². The molecule has 0 spiro atoms. The molecule has 10 radical (unpaired) electrons. The van der Waals surface area contributed by atoms with Gasteiger partial charge < -0.3 is 9.47 Å². The number of guanidine groups is 2. The molecular weight excluding hydrogens is 668 g/mol. The monoisotopic (exact) mass is 708 g/mol. The normalized spacial score (nSPS) is 23.1. The van der Waals surface area contributed by atoms with E-state index in [0.717, 1.165) is 11.8 Å². The molecule has 4 amide bonds. The summed E-state index contributed by atoms with van der Waals surface area (Å²) in [5.41, 5.74) is -0.593. The second-order valence-electron chi connectivity index (χ2n) is 13.3. The van der Waals surface area contributed by atoms with E-state index >= 15 is 0 Å². The van der Waals surface area contributed by atoms with Gasteiger partial charge in [0.2, 0.25) is 11.9 Å². The number of hydrogen-bond donors (Lipinski definition) is 0. The average Bonchev–Trinajstić information content (AvgIpc) is 3.75. The molecule has 4 aliphatic heterocycles. The molecule has 13 heteroatoms. The number of aliphatic imine (C=N–C) groups is 2. The summed E-state index contributed by atoms with van der Waals surface area (Å²) in [6.07, 6.45) is 25.0. The van der Waals surface area contributed by atoms with Gasteiger partial charge in [0.25, 0.3) is 11.8 Å². The Morgan fingerprint density at radius 1 is 0.612 bits per heavy atom. The Bertz CT molecular complexity index is 1360. The van der Waals surface area contributed by atoms with Crippen LogP contribution in [0, 0.1) is 63.2 Å². The van der Waals surface area contributed by atoms with Gasteiger partial charge in [-0.05, 0) is 105 Å². The molecule has 6 aliphatic rings. The van der Waals surface area contributed by atoms with Crippen LogP contribution in [-0.4, -0.2) is 92.9 Å². The summed E-state index contributed by atoms with van der Waals surface area (Å²) in [6, 6.07) is 0. The smallest absolute Gasteiger partial charge is 0.443 e. The topological polar surface area (TPSA) is 124 Å². The van der Waals surface area contributed by atoms with Crippen LogP contribution in [0.5, 0.6) is 0 Å². The third-order valence-corrected chi connectivity index (χ3v) is 7.03. The number of carbonyl (C=O) groups excluding carboxylic acids is 4. The molecule has 2 aliphatic carbocycles. The molecule has 0 saturated heterocycles. The SMILES string of the molecule is CC(C)(C)OC(=O)N1CC=CCN2C(=O)/C(=C/[C]3[CH][CH][CH][CH]3)N=C12.CC(C)(C)OC(=O)N1CC=CCN2C(=O)/C(=C/[C]3[CH][CH][CH][CH]3)N=C12.[Fe+2]. The molecule has 256 valence electrons. The Balaban J connectivity index is 0.000000216. The van der Waals surface area contributed by atoms with Gasteiger partial charge in [0, 0.05) is 24.9 Å². The Hall–Kier alpha value is -3.70. The van der Waals surface area contributed by atoms with Crippen molar-refractivity contribution in [2.45, 2.75) is 52.7 Å². The molecule has 2 saturated carbocycles. The van der Waals surface area contributed by atoms with Crippen molar-refractivity contribution in [1.29, 1.82) is 0 Å². The van der Waals surface area contributed by atoms with E-state index in [1.165, 1.54) is 19.6 Å². The van der Waals surface area contributed by atoms with Gasteiger partial charge in [-0.2, -0.15) is 0 Å². The first-order valence-corrected chi connectivity index (χ1v) is 15.7. The summed E-state index contributed by atoms with van der Waals surface area (Å²) >= 11 is 0. The minimum atomic E-state index is -0.616. The minimum absolute atomic E-state index is 0. The Morgan fingerprint density at radius 2 is 0.939 bits per heavy atom. The molecule has 0 N–H and O–H groups in total. The standard InChI is InChI=1S/2C18H20N3O3.Fe/c2*1-18(2,3)24-17(23)21-11-7-6-10-20-15(22)14(19-16(20)21)12-13-8-4-5-9-13;/h2*4-9,12H,10-11H2,1-3H3;/q;;+2/b2*14-12-;. The molecule has 12 nitrogen and oxygen atoms in total. The van der Waals surface area contributed by atoms with Crippen LogP contribution in [0.3, 0.4) is 0 Å². The molecule has 0 aromatic rings. The maximum Gasteiger partial charge on any atom is 2.00 e. The summed E-state index contributed by atoms with van der Waals surface area (Å²) in [5.74, 6) is 2.01. The van der Waals surface area contributed by atoms with Crippen molar-refractivity contribution in [2.24, 2.45) is 9.98 Å². The van der Waals surface area contributed by atoms with Crippen LogP contribution in [0.4, 0.5) is 9.59 Å². The van der Waals surface area contributed by atoms with Crippen LogP contribution in [-0.2, 0) is 36.1 Å². The first kappa shape index (κ1) is 38.1. The van der Waals surface area contributed by atoms with Crippen LogP contribution < -0.4 is 0 Å². The van der Waals surface area contributed by atoms with Gasteiger partial charge in [-0.1, -0.05) is 24.3 Å². The molecule has 0 aromatic heterocycles. The van der Waals surface area contributed by atoms with Gasteiger partial charge in [0.05, 0.1) is 13.1 Å². The maximum atomic E-state index is 12.6. The third-order valence-electron chi connectivity index (χ3n) is 7.03. The summed E-state index contributed by atoms with van der Waals surface area (Å²) in [6.45, 7) is 12.2. The number of hydrogen-bond acceptors (Lipinski definition) is 8.